The third-order valence-electron chi connectivity index (χ3n) is 2.75. The predicted octanol–water partition coefficient (Wildman–Crippen LogP) is 0.609. The summed E-state index contributed by atoms with van der Waals surface area (Å²) in [4.78, 5) is 13.9. The Balaban J connectivity index is 1.93. The van der Waals surface area contributed by atoms with Gasteiger partial charge in [-0.2, -0.15) is 0 Å². The van der Waals surface area contributed by atoms with Gasteiger partial charge in [0.05, 0.1) is 11.0 Å². The van der Waals surface area contributed by atoms with Crippen LogP contribution < -0.4 is 11.1 Å². The molecule has 0 bridgehead atoms. The summed E-state index contributed by atoms with van der Waals surface area (Å²) >= 11 is 4.94. The first-order valence-electron chi connectivity index (χ1n) is 5.05. The Morgan fingerprint density at radius 3 is 2.71 bits per heavy atom. The minimum Gasteiger partial charge on any atom is -0.392 e. The third-order valence-corrected chi connectivity index (χ3v) is 3.02. The summed E-state index contributed by atoms with van der Waals surface area (Å²) in [5.41, 5.74) is 5.58. The smallest absolute Gasteiger partial charge is 0.318 e. The lowest BCUT2D eigenvalue weighted by Crippen LogP contribution is -2.48. The highest BCUT2D eigenvalue weighted by Crippen LogP contribution is 2.22. The van der Waals surface area contributed by atoms with E-state index in [4.69, 9.17) is 18.0 Å². The Labute approximate surface area is 88.8 Å². The molecule has 1 unspecified atom stereocenters. The van der Waals surface area contributed by atoms with Crippen molar-refractivity contribution in [2.75, 3.05) is 6.54 Å². The van der Waals surface area contributed by atoms with Crippen molar-refractivity contribution >= 4 is 23.2 Å². The first-order valence-corrected chi connectivity index (χ1v) is 5.46. The fourth-order valence-electron chi connectivity index (χ4n) is 1.79. The van der Waals surface area contributed by atoms with Crippen molar-refractivity contribution in [1.29, 1.82) is 0 Å². The Morgan fingerprint density at radius 1 is 1.43 bits per heavy atom. The lowest BCUT2D eigenvalue weighted by molar-refractivity contribution is 0.202. The maximum absolute atomic E-state index is 11.7. The Bertz CT molecular complexity index is 265. The van der Waals surface area contributed by atoms with Crippen molar-refractivity contribution in [2.45, 2.75) is 37.8 Å². The molecule has 5 heteroatoms. The van der Waals surface area contributed by atoms with E-state index >= 15 is 0 Å². The van der Waals surface area contributed by atoms with E-state index in [9.17, 15) is 4.79 Å². The second-order valence-electron chi connectivity index (χ2n) is 3.98. The van der Waals surface area contributed by atoms with Crippen molar-refractivity contribution < 1.29 is 4.79 Å². The Morgan fingerprint density at radius 2 is 2.14 bits per heavy atom. The van der Waals surface area contributed by atoms with E-state index in [1.165, 1.54) is 0 Å². The SMILES string of the molecule is NC(=S)C1CCCN1C(=O)NC1CC1. The summed E-state index contributed by atoms with van der Waals surface area (Å²) in [6.45, 7) is 0.778. The van der Waals surface area contributed by atoms with Crippen molar-refractivity contribution in [2.24, 2.45) is 5.73 Å². The van der Waals surface area contributed by atoms with Crippen LogP contribution in [0.1, 0.15) is 25.7 Å². The molecule has 0 aromatic carbocycles. The van der Waals surface area contributed by atoms with Crippen LogP contribution in [0.15, 0.2) is 0 Å². The molecule has 1 saturated heterocycles. The standard InChI is InChI=1S/C9H15N3OS/c10-8(14)7-2-1-5-12(7)9(13)11-6-3-4-6/h6-7H,1-5H2,(H2,10,14)(H,11,13). The number of carbonyl (C=O) groups is 1. The van der Waals surface area contributed by atoms with Crippen LogP contribution in [0.25, 0.3) is 0 Å². The number of amides is 2. The molecule has 2 amide bonds. The van der Waals surface area contributed by atoms with Gasteiger partial charge in [-0.3, -0.25) is 0 Å². The molecule has 0 spiro atoms. The first-order chi connectivity index (χ1) is 6.68. The van der Waals surface area contributed by atoms with Crippen LogP contribution in [0.3, 0.4) is 0 Å². The van der Waals surface area contributed by atoms with Gasteiger partial charge in [0.2, 0.25) is 0 Å². The number of nitrogens with two attached hydrogens (primary N) is 1. The number of hydrogen-bond donors (Lipinski definition) is 2. The highest BCUT2D eigenvalue weighted by molar-refractivity contribution is 7.80. The van der Waals surface area contributed by atoms with Crippen molar-refractivity contribution in [3.05, 3.63) is 0 Å². The predicted molar refractivity (Wildman–Crippen MR) is 58.1 cm³/mol. The van der Waals surface area contributed by atoms with Crippen LogP contribution >= 0.6 is 12.2 Å². The van der Waals surface area contributed by atoms with Crippen LogP contribution in [0.4, 0.5) is 4.79 Å². The van der Waals surface area contributed by atoms with Gasteiger partial charge in [-0.05, 0) is 25.7 Å². The molecule has 1 saturated carbocycles. The third kappa shape index (κ3) is 1.97. The Kier molecular flexibility index (Phi) is 2.58. The molecule has 1 aliphatic carbocycles. The van der Waals surface area contributed by atoms with E-state index in [0.717, 1.165) is 32.2 Å². The van der Waals surface area contributed by atoms with Crippen molar-refractivity contribution in [1.82, 2.24) is 10.2 Å². The topological polar surface area (TPSA) is 58.4 Å². The molecule has 3 N–H and O–H groups in total. The molecule has 78 valence electrons. The minimum atomic E-state index is -0.0243. The van der Waals surface area contributed by atoms with E-state index in [2.05, 4.69) is 5.32 Å². The molecule has 2 aliphatic rings. The Hall–Kier alpha value is -0.840. The van der Waals surface area contributed by atoms with Gasteiger partial charge in [0.1, 0.15) is 0 Å². The van der Waals surface area contributed by atoms with Gasteiger partial charge in [0.15, 0.2) is 0 Å². The lowest BCUT2D eigenvalue weighted by Gasteiger charge is -2.23. The normalized spacial score (nSPS) is 26.3. The van der Waals surface area contributed by atoms with E-state index in [1.807, 2.05) is 0 Å². The number of thiocarbonyl (C=S) groups is 1. The second-order valence-corrected chi connectivity index (χ2v) is 4.45. The van der Waals surface area contributed by atoms with Crippen LogP contribution in [0.2, 0.25) is 0 Å². The molecule has 14 heavy (non-hydrogen) atoms. The van der Waals surface area contributed by atoms with E-state index in [-0.39, 0.29) is 12.1 Å². The molecule has 1 heterocycles. The summed E-state index contributed by atoms with van der Waals surface area (Å²) in [5.74, 6) is 0. The molecule has 1 atom stereocenters. The zero-order valence-electron chi connectivity index (χ0n) is 8.03. The van der Waals surface area contributed by atoms with Gasteiger partial charge < -0.3 is 16.0 Å². The zero-order chi connectivity index (χ0) is 10.1. The summed E-state index contributed by atoms with van der Waals surface area (Å²) in [6, 6.07) is 0.377. The van der Waals surface area contributed by atoms with Gasteiger partial charge in [-0.1, -0.05) is 12.2 Å². The molecule has 4 nitrogen and oxygen atoms in total. The number of rotatable bonds is 2. The number of carbonyl (C=O) groups excluding carboxylic acids is 1. The van der Waals surface area contributed by atoms with Gasteiger partial charge >= 0.3 is 6.03 Å². The molecule has 0 radical (unpaired) electrons. The number of nitrogens with one attached hydrogen (secondary N) is 1. The average molecular weight is 213 g/mol. The van der Waals surface area contributed by atoms with Crippen molar-refractivity contribution in [3.8, 4) is 0 Å². The molecule has 2 rings (SSSR count). The molecule has 2 fully saturated rings. The molecule has 0 aromatic rings. The number of nitrogens with zero attached hydrogens (tertiary/aromatic N) is 1. The molecule has 0 aromatic heterocycles. The summed E-state index contributed by atoms with van der Waals surface area (Å²) in [6.07, 6.45) is 4.13. The van der Waals surface area contributed by atoms with E-state index in [0.29, 0.717) is 11.0 Å². The van der Waals surface area contributed by atoms with E-state index in [1.54, 1.807) is 4.90 Å². The fraction of sp³-hybridized carbons (Fsp3) is 0.778. The molecular weight excluding hydrogens is 198 g/mol. The number of hydrogen-bond acceptors (Lipinski definition) is 2. The minimum absolute atomic E-state index is 0.00259. The number of urea groups is 1. The highest BCUT2D eigenvalue weighted by atomic mass is 32.1. The quantitative estimate of drug-likeness (QED) is 0.661. The number of likely N-dealkylation sites (tertiary alicyclic amines) is 1. The van der Waals surface area contributed by atoms with E-state index < -0.39 is 0 Å². The highest BCUT2D eigenvalue weighted by Gasteiger charge is 2.33. The van der Waals surface area contributed by atoms with Crippen LogP contribution in [0, 0.1) is 0 Å². The van der Waals surface area contributed by atoms with Crippen LogP contribution in [0.5, 0.6) is 0 Å². The van der Waals surface area contributed by atoms with Crippen molar-refractivity contribution in [3.63, 3.8) is 0 Å². The van der Waals surface area contributed by atoms with Gasteiger partial charge in [-0.15, -0.1) is 0 Å². The average Bonchev–Trinajstić information content (AvgIpc) is 2.81. The van der Waals surface area contributed by atoms with Gasteiger partial charge in [-0.25, -0.2) is 4.79 Å². The maximum atomic E-state index is 11.7. The largest absolute Gasteiger partial charge is 0.392 e. The van der Waals surface area contributed by atoms with Crippen LogP contribution in [-0.4, -0.2) is 34.5 Å². The molecular formula is C9H15N3OS. The van der Waals surface area contributed by atoms with Gasteiger partial charge in [0.25, 0.3) is 0 Å². The maximum Gasteiger partial charge on any atom is 0.318 e. The summed E-state index contributed by atoms with van der Waals surface area (Å²) in [7, 11) is 0. The first kappa shape index (κ1) is 9.71. The summed E-state index contributed by atoms with van der Waals surface area (Å²) < 4.78 is 0. The monoisotopic (exact) mass is 213 g/mol. The summed E-state index contributed by atoms with van der Waals surface area (Å²) in [5, 5.41) is 2.95. The second kappa shape index (κ2) is 3.73. The zero-order valence-corrected chi connectivity index (χ0v) is 8.85. The molecule has 1 aliphatic heterocycles. The lowest BCUT2D eigenvalue weighted by atomic mass is 10.2. The fourth-order valence-corrected chi connectivity index (χ4v) is 2.04. The van der Waals surface area contributed by atoms with Crippen LogP contribution in [-0.2, 0) is 0 Å². The van der Waals surface area contributed by atoms with Gasteiger partial charge in [0, 0.05) is 12.6 Å².